The monoisotopic (exact) mass is 150 g/mol. The Labute approximate surface area is 56.8 Å². The van der Waals surface area contributed by atoms with Crippen LogP contribution in [-0.4, -0.2) is 34.1 Å². The van der Waals surface area contributed by atoms with E-state index in [0.29, 0.717) is 0 Å². The van der Waals surface area contributed by atoms with Crippen LogP contribution in [0, 0.1) is 0 Å². The van der Waals surface area contributed by atoms with Gasteiger partial charge in [-0.2, -0.15) is 0 Å². The van der Waals surface area contributed by atoms with Crippen LogP contribution in [0.15, 0.2) is 0 Å². The average molecular weight is 150 g/mol. The molecule has 0 aromatic rings. The van der Waals surface area contributed by atoms with E-state index >= 15 is 0 Å². The average Bonchev–Trinajstić information content (AvgIpc) is 1.95. The lowest BCUT2D eigenvalue weighted by Crippen LogP contribution is -2.43. The van der Waals surface area contributed by atoms with Gasteiger partial charge in [0.05, 0.1) is 6.23 Å². The van der Waals surface area contributed by atoms with Crippen molar-refractivity contribution in [1.82, 2.24) is 0 Å². The molecule has 0 aromatic heterocycles. The Bertz CT molecular complexity index is 55.1. The SMILES string of the molecule is CC[Si](CO)(OC)OC. The highest BCUT2D eigenvalue weighted by atomic mass is 28.4. The van der Waals surface area contributed by atoms with E-state index in [1.165, 1.54) is 0 Å². The smallest absolute Gasteiger partial charge is 0.363 e. The third kappa shape index (κ3) is 2.06. The van der Waals surface area contributed by atoms with Crippen molar-refractivity contribution < 1.29 is 14.0 Å². The lowest BCUT2D eigenvalue weighted by molar-refractivity contribution is 0.198. The van der Waals surface area contributed by atoms with Crippen molar-refractivity contribution in [3.63, 3.8) is 0 Å². The number of aliphatic hydroxyl groups excluding tert-OH is 1. The maximum absolute atomic E-state index is 8.79. The van der Waals surface area contributed by atoms with Gasteiger partial charge in [-0.25, -0.2) is 0 Å². The molecular weight excluding hydrogens is 136 g/mol. The summed E-state index contributed by atoms with van der Waals surface area (Å²) in [5.41, 5.74) is 0. The zero-order valence-corrected chi connectivity index (χ0v) is 7.18. The highest BCUT2D eigenvalue weighted by Gasteiger charge is 2.31. The molecule has 1 N–H and O–H groups in total. The zero-order valence-electron chi connectivity index (χ0n) is 6.18. The molecule has 3 nitrogen and oxygen atoms in total. The molecule has 0 amide bonds. The molecule has 9 heavy (non-hydrogen) atoms. The maximum Gasteiger partial charge on any atom is 0.363 e. The van der Waals surface area contributed by atoms with Crippen LogP contribution in [0.25, 0.3) is 0 Å². The highest BCUT2D eigenvalue weighted by molar-refractivity contribution is 6.67. The van der Waals surface area contributed by atoms with E-state index in [-0.39, 0.29) is 6.23 Å². The lowest BCUT2D eigenvalue weighted by Gasteiger charge is -2.22. The number of hydrogen-bond donors (Lipinski definition) is 1. The van der Waals surface area contributed by atoms with E-state index in [4.69, 9.17) is 14.0 Å². The molecule has 0 spiro atoms. The first kappa shape index (κ1) is 9.10. The Balaban J connectivity index is 3.82. The van der Waals surface area contributed by atoms with Gasteiger partial charge in [0.25, 0.3) is 0 Å². The Kier molecular flexibility index (Phi) is 4.04. The molecule has 0 aromatic carbocycles. The largest absolute Gasteiger partial charge is 0.396 e. The molecule has 0 aliphatic rings. The van der Waals surface area contributed by atoms with Crippen LogP contribution in [0.4, 0.5) is 0 Å². The second-order valence-electron chi connectivity index (χ2n) is 1.83. The van der Waals surface area contributed by atoms with Gasteiger partial charge >= 0.3 is 8.56 Å². The van der Waals surface area contributed by atoms with Gasteiger partial charge in [0.2, 0.25) is 0 Å². The molecule has 56 valence electrons. The minimum Gasteiger partial charge on any atom is -0.396 e. The fourth-order valence-electron chi connectivity index (χ4n) is 0.613. The third-order valence-corrected chi connectivity index (χ3v) is 4.57. The van der Waals surface area contributed by atoms with Gasteiger partial charge in [-0.15, -0.1) is 0 Å². The van der Waals surface area contributed by atoms with E-state index in [0.717, 1.165) is 6.04 Å². The molecule has 0 rings (SSSR count). The van der Waals surface area contributed by atoms with Gasteiger partial charge in [0.1, 0.15) is 0 Å². The first-order valence-corrected chi connectivity index (χ1v) is 5.19. The van der Waals surface area contributed by atoms with Crippen LogP contribution in [0.3, 0.4) is 0 Å². The molecule has 0 fully saturated rings. The van der Waals surface area contributed by atoms with Crippen molar-refractivity contribution in [3.8, 4) is 0 Å². The van der Waals surface area contributed by atoms with Crippen molar-refractivity contribution in [2.75, 3.05) is 20.4 Å². The van der Waals surface area contributed by atoms with Crippen LogP contribution >= 0.6 is 0 Å². The number of rotatable bonds is 4. The molecule has 0 saturated heterocycles. The Hall–Kier alpha value is 0.0969. The summed E-state index contributed by atoms with van der Waals surface area (Å²) in [4.78, 5) is 0. The molecular formula is C5H14O3Si. The molecule has 0 heterocycles. The summed E-state index contributed by atoms with van der Waals surface area (Å²) in [7, 11) is 1.02. The van der Waals surface area contributed by atoms with Gasteiger partial charge in [-0.05, 0) is 6.04 Å². The maximum atomic E-state index is 8.79. The van der Waals surface area contributed by atoms with Crippen molar-refractivity contribution >= 4 is 8.56 Å². The van der Waals surface area contributed by atoms with Crippen LogP contribution in [-0.2, 0) is 8.85 Å². The second kappa shape index (κ2) is 4.00. The summed E-state index contributed by atoms with van der Waals surface area (Å²) < 4.78 is 10.1. The lowest BCUT2D eigenvalue weighted by atomic mass is 11.0. The molecule has 0 radical (unpaired) electrons. The summed E-state index contributed by atoms with van der Waals surface area (Å²) in [6.07, 6.45) is 0.0382. The molecule has 0 unspecified atom stereocenters. The molecule has 4 heteroatoms. The van der Waals surface area contributed by atoms with Gasteiger partial charge in [0, 0.05) is 14.2 Å². The minimum absolute atomic E-state index is 0.0382. The van der Waals surface area contributed by atoms with Gasteiger partial charge in [0.15, 0.2) is 0 Å². The third-order valence-electron chi connectivity index (χ3n) is 1.52. The molecule has 0 saturated carbocycles. The van der Waals surface area contributed by atoms with Crippen LogP contribution < -0.4 is 0 Å². The Morgan fingerprint density at radius 2 is 1.78 bits per heavy atom. The predicted molar refractivity (Wildman–Crippen MR) is 37.3 cm³/mol. The fourth-order valence-corrected chi connectivity index (χ4v) is 1.84. The van der Waals surface area contributed by atoms with Crippen molar-refractivity contribution in [3.05, 3.63) is 0 Å². The highest BCUT2D eigenvalue weighted by Crippen LogP contribution is 2.08. The summed E-state index contributed by atoms with van der Waals surface area (Å²) >= 11 is 0. The minimum atomic E-state index is -2.14. The first-order chi connectivity index (χ1) is 4.24. The fraction of sp³-hybridized carbons (Fsp3) is 1.00. The van der Waals surface area contributed by atoms with Gasteiger partial charge < -0.3 is 14.0 Å². The van der Waals surface area contributed by atoms with Crippen LogP contribution in [0.5, 0.6) is 0 Å². The molecule has 0 bridgehead atoms. The summed E-state index contributed by atoms with van der Waals surface area (Å²) in [6.45, 7) is 1.95. The van der Waals surface area contributed by atoms with E-state index in [1.54, 1.807) is 14.2 Å². The van der Waals surface area contributed by atoms with E-state index in [1.807, 2.05) is 6.92 Å². The van der Waals surface area contributed by atoms with E-state index in [9.17, 15) is 0 Å². The summed E-state index contributed by atoms with van der Waals surface area (Å²) in [6, 6.07) is 0.788. The van der Waals surface area contributed by atoms with E-state index in [2.05, 4.69) is 0 Å². The van der Waals surface area contributed by atoms with Gasteiger partial charge in [-0.1, -0.05) is 6.92 Å². The Morgan fingerprint density at radius 3 is 1.78 bits per heavy atom. The second-order valence-corrected chi connectivity index (χ2v) is 5.49. The summed E-state index contributed by atoms with van der Waals surface area (Å²) in [5.74, 6) is 0. The van der Waals surface area contributed by atoms with Crippen molar-refractivity contribution in [2.45, 2.75) is 13.0 Å². The quantitative estimate of drug-likeness (QED) is 0.585. The molecule has 0 aliphatic carbocycles. The predicted octanol–water partition coefficient (Wildman–Crippen LogP) is 0.273. The van der Waals surface area contributed by atoms with Crippen molar-refractivity contribution in [1.29, 1.82) is 0 Å². The topological polar surface area (TPSA) is 38.7 Å². The van der Waals surface area contributed by atoms with Crippen LogP contribution in [0.1, 0.15) is 6.92 Å². The van der Waals surface area contributed by atoms with Crippen LogP contribution in [0.2, 0.25) is 6.04 Å². The normalized spacial score (nSPS) is 12.0. The molecule has 0 atom stereocenters. The summed E-state index contributed by atoms with van der Waals surface area (Å²) in [5, 5.41) is 8.79. The number of aliphatic hydroxyl groups is 1. The number of hydrogen-bond acceptors (Lipinski definition) is 3. The zero-order chi connectivity index (χ0) is 7.33. The molecule has 0 aliphatic heterocycles. The van der Waals surface area contributed by atoms with Gasteiger partial charge in [-0.3, -0.25) is 0 Å². The first-order valence-electron chi connectivity index (χ1n) is 2.96. The Morgan fingerprint density at radius 1 is 1.33 bits per heavy atom. The standard InChI is InChI=1S/C5H14O3Si/c1-4-9(5-6,7-2)8-3/h6H,4-5H2,1-3H3. The van der Waals surface area contributed by atoms with E-state index < -0.39 is 8.56 Å². The van der Waals surface area contributed by atoms with Crippen molar-refractivity contribution in [2.24, 2.45) is 0 Å².